The summed E-state index contributed by atoms with van der Waals surface area (Å²) in [5.41, 5.74) is 3.16. The number of nitrogens with two attached hydrogens (primary N) is 1. The molecule has 0 aliphatic carbocycles. The molecule has 0 saturated carbocycles. The molecule has 8 aliphatic heterocycles. The maximum Gasteiger partial charge on any atom is 0.248 e. The SMILES string of the molecule is CNC1C(=O)NC2Cc3ccc(cc3)Oc3cc4cc(c3OC3O[C@H](CO)[C@@H](O)[C@H](O)[C@H]3NC(=O)CCCCCCCCC(C)C)Oc3ccc(cc3Cl)C(O)C3NC(=O)C(NC(=O)C4NC(=O)C(NC2=O)c2cc(cc(O)c2Cl)Oc2cc1ccc2O)c1ccc(O)c(c1)-c1c(O[C@H]2O[C@H](CO)[C@@H](O)[C@H](O)[C@@H]2O)cc(O)cc1C(C(=O)NCCCNCCCNCCCN)NC3=O. The van der Waals surface area contributed by atoms with Crippen molar-refractivity contribution < 1.29 is 133 Å². The van der Waals surface area contributed by atoms with Gasteiger partial charge in [-0.15, -0.1) is 0 Å². The van der Waals surface area contributed by atoms with Gasteiger partial charge >= 0.3 is 0 Å². The van der Waals surface area contributed by atoms with Gasteiger partial charge in [-0.25, -0.2) is 0 Å². The van der Waals surface area contributed by atoms with Crippen LogP contribution in [0.3, 0.4) is 0 Å². The first-order valence-corrected chi connectivity index (χ1v) is 44.9. The number of fused-ring (bicyclic) bond motifs is 14. The van der Waals surface area contributed by atoms with Crippen LogP contribution in [0.2, 0.25) is 10.0 Å². The number of carbonyl (C=O) groups excluding carboxylic acids is 8. The number of phenolic OH excluding ortho intramolecular Hbond substituents is 4. The van der Waals surface area contributed by atoms with Crippen LogP contribution in [-0.2, 0) is 54.3 Å². The van der Waals surface area contributed by atoms with Gasteiger partial charge in [0.05, 0.1) is 23.3 Å². The number of benzene rings is 7. The molecule has 0 spiro atoms. The van der Waals surface area contributed by atoms with E-state index in [1.807, 2.05) is 0 Å². The highest BCUT2D eigenvalue weighted by atomic mass is 35.5. The number of nitrogens with one attached hydrogen (secondary N) is 11. The lowest BCUT2D eigenvalue weighted by Crippen LogP contribution is -2.65. The van der Waals surface area contributed by atoms with Gasteiger partial charge in [0, 0.05) is 48.2 Å². The van der Waals surface area contributed by atoms with Crippen LogP contribution in [0.25, 0.3) is 11.1 Å². The number of halogens is 2. The molecule has 0 aromatic heterocycles. The monoisotopic (exact) mass is 1890 g/mol. The average molecular weight is 1890 g/mol. The fourth-order valence-corrected chi connectivity index (χ4v) is 17.0. The molecular formula is C92H112Cl2N12O27. The van der Waals surface area contributed by atoms with E-state index >= 15 is 28.8 Å². The van der Waals surface area contributed by atoms with E-state index in [0.717, 1.165) is 112 Å². The van der Waals surface area contributed by atoms with Gasteiger partial charge in [0.1, 0.15) is 137 Å². The largest absolute Gasteiger partial charge is 0.508 e. The third-order valence-electron chi connectivity index (χ3n) is 23.8. The summed E-state index contributed by atoms with van der Waals surface area (Å²) >= 11 is 14.4. The lowest BCUT2D eigenvalue weighted by Gasteiger charge is -2.42. The van der Waals surface area contributed by atoms with Crippen molar-refractivity contribution in [2.45, 2.75) is 201 Å². The van der Waals surface area contributed by atoms with Gasteiger partial charge in [0.15, 0.2) is 23.0 Å². The summed E-state index contributed by atoms with van der Waals surface area (Å²) in [6.07, 6.45) is -12.5. The summed E-state index contributed by atoms with van der Waals surface area (Å²) in [5, 5.41) is 169. The number of hydrogen-bond acceptors (Lipinski definition) is 31. The molecule has 9 unspecified atom stereocenters. The molecule has 7 aromatic carbocycles. The molecule has 133 heavy (non-hydrogen) atoms. The van der Waals surface area contributed by atoms with Gasteiger partial charge in [0.25, 0.3) is 0 Å². The fourth-order valence-electron chi connectivity index (χ4n) is 16.6. The highest BCUT2D eigenvalue weighted by Gasteiger charge is 2.50. The highest BCUT2D eigenvalue weighted by Crippen LogP contribution is 2.51. The van der Waals surface area contributed by atoms with Crippen LogP contribution in [0.1, 0.15) is 160 Å². The second-order valence-electron chi connectivity index (χ2n) is 33.9. The first kappa shape index (κ1) is 99.0. The minimum atomic E-state index is -2.41. The number of hydrogen-bond donors (Lipinski definition) is 24. The summed E-state index contributed by atoms with van der Waals surface area (Å²) in [6, 6.07) is 6.55. The first-order chi connectivity index (χ1) is 63.8. The number of rotatable bonds is 29. The van der Waals surface area contributed by atoms with Crippen molar-refractivity contribution in [3.05, 3.63) is 164 Å². The van der Waals surface area contributed by atoms with Crippen molar-refractivity contribution in [1.29, 1.82) is 0 Å². The molecule has 41 heteroatoms. The third kappa shape index (κ3) is 23.7. The van der Waals surface area contributed by atoms with E-state index in [0.29, 0.717) is 50.5 Å². The average Bonchev–Trinajstić information content (AvgIpc) is 0.746. The molecule has 8 amide bonds. The zero-order valence-electron chi connectivity index (χ0n) is 72.9. The van der Waals surface area contributed by atoms with E-state index in [2.05, 4.69) is 72.3 Å². The van der Waals surface area contributed by atoms with Crippen molar-refractivity contribution in [3.63, 3.8) is 0 Å². The van der Waals surface area contributed by atoms with E-state index in [9.17, 15) is 70.9 Å². The number of unbranched alkanes of at least 4 members (excludes halogenated alkanes) is 5. The smallest absolute Gasteiger partial charge is 0.248 e. The van der Waals surface area contributed by atoms with Gasteiger partial charge in [-0.2, -0.15) is 0 Å². The van der Waals surface area contributed by atoms with Gasteiger partial charge in [0.2, 0.25) is 65.6 Å². The van der Waals surface area contributed by atoms with Crippen LogP contribution >= 0.6 is 23.2 Å². The molecule has 39 nitrogen and oxygen atoms in total. The van der Waals surface area contributed by atoms with Gasteiger partial charge in [-0.3, -0.25) is 38.4 Å². The fraction of sp³-hybridized carbons (Fsp3) is 0.457. The summed E-state index contributed by atoms with van der Waals surface area (Å²) in [5.74, 6) is -14.9. The van der Waals surface area contributed by atoms with Crippen LogP contribution in [0.4, 0.5) is 0 Å². The van der Waals surface area contributed by atoms with Crippen molar-refractivity contribution in [2.24, 2.45) is 11.7 Å². The van der Waals surface area contributed by atoms with Crippen molar-refractivity contribution in [1.82, 2.24) is 58.5 Å². The molecule has 25 N–H and O–H groups in total. The standard InChI is InChI=1S/C92H112Cl2N12O27/c1-43(2)13-8-6-4-5-7-9-14-67(113)101-76-80(117)78(115)65(41-107)131-91(76)133-83-63-35-48-36-64(83)129-60-24-19-47(33-55(60)93)77(114)75-90(126)105-73(85(121)99-30-12-29-98-28-11-27-97-26-10-25-95)53-37-49(109)38-62(130-92-82(119)81(118)79(116)66(42-108)132-92)68(53)52-32-45(17-22-57(52)110)71(87(123)106-75)102-88(124)72(48)103-89(125)74-54-39-51(40-59(112)69(54)94)128-61-34-46(18-23-58(61)111)70(96-3)86(122)100-56(84(120)104-74)31-44-15-20-50(127-63)21-16-44/h15-24,32-40,43,56,65-66,70-82,91-92,96-98,107-112,114-119H,4-14,25-31,41-42,95H2,1-3H3,(H,99,121)(H,100,122)(H,101,113)(H,102,124)(H,103,125)(H,104,120)(H,105,126)(H,106,123)/t56?,65-,66-,70?,71?,72?,73?,74?,75?,76-,77?,78-,79-,80-,81+,82+,91?,92+/m1/s1. The van der Waals surface area contributed by atoms with E-state index in [1.54, 1.807) is 0 Å². The number of ether oxygens (including phenoxy) is 7. The van der Waals surface area contributed by atoms with Crippen LogP contribution in [0.15, 0.2) is 115 Å². The Kier molecular flexibility index (Phi) is 33.5. The zero-order chi connectivity index (χ0) is 95.2. The Morgan fingerprint density at radius 3 is 1.82 bits per heavy atom. The Hall–Kier alpha value is -11.5. The molecule has 8 heterocycles. The van der Waals surface area contributed by atoms with Crippen molar-refractivity contribution in [2.75, 3.05) is 59.5 Å². The summed E-state index contributed by atoms with van der Waals surface area (Å²) < 4.78 is 45.1. The summed E-state index contributed by atoms with van der Waals surface area (Å²) in [4.78, 5) is 126. The minimum Gasteiger partial charge on any atom is -0.508 e. The lowest BCUT2D eigenvalue weighted by molar-refractivity contribution is -0.277. The second-order valence-corrected chi connectivity index (χ2v) is 34.6. The van der Waals surface area contributed by atoms with E-state index in [4.69, 9.17) is 62.1 Å². The van der Waals surface area contributed by atoms with Gasteiger partial charge in [-0.1, -0.05) is 106 Å². The Bertz CT molecular complexity index is 5350. The van der Waals surface area contributed by atoms with Crippen LogP contribution in [-0.4, -0.2) is 241 Å². The third-order valence-corrected chi connectivity index (χ3v) is 24.5. The maximum absolute atomic E-state index is 16.9. The number of aliphatic hydroxyl groups excluding tert-OH is 8. The predicted molar refractivity (Wildman–Crippen MR) is 477 cm³/mol. The summed E-state index contributed by atoms with van der Waals surface area (Å²) in [6.45, 7) is 5.12. The van der Waals surface area contributed by atoms with Gasteiger partial charge < -0.3 is 159 Å². The molecule has 2 fully saturated rings. The maximum atomic E-state index is 16.9. The number of carbonyl (C=O) groups is 8. The molecule has 17 bridgehead atoms. The number of aliphatic hydroxyl groups is 8. The molecule has 0 radical (unpaired) electrons. The van der Waals surface area contributed by atoms with Crippen LogP contribution in [0.5, 0.6) is 69.0 Å². The molecule has 7 aromatic rings. The van der Waals surface area contributed by atoms with Gasteiger partial charge in [-0.05, 0) is 178 Å². The molecule has 18 atom stereocenters. The predicted octanol–water partition coefficient (Wildman–Crippen LogP) is 3.43. The normalized spacial score (nSPS) is 25.3. The zero-order valence-corrected chi connectivity index (χ0v) is 74.4. The van der Waals surface area contributed by atoms with Crippen LogP contribution < -0.4 is 87.9 Å². The molecule has 8 aliphatic rings. The Morgan fingerprint density at radius 1 is 0.519 bits per heavy atom. The number of phenols is 4. The van der Waals surface area contributed by atoms with Crippen molar-refractivity contribution >= 4 is 70.5 Å². The molecule has 716 valence electrons. The van der Waals surface area contributed by atoms with Crippen molar-refractivity contribution in [3.8, 4) is 80.1 Å². The van der Waals surface area contributed by atoms with E-state index in [1.165, 1.54) is 61.6 Å². The van der Waals surface area contributed by atoms with Crippen LogP contribution in [0, 0.1) is 5.92 Å². The summed E-state index contributed by atoms with van der Waals surface area (Å²) in [7, 11) is 1.44. The number of aromatic hydroxyl groups is 4. The number of amides is 8. The second kappa shape index (κ2) is 45.0. The number of likely N-dealkylation sites (N-methyl/N-ethyl adjacent to an activating group) is 1. The first-order valence-electron chi connectivity index (χ1n) is 44.1. The Morgan fingerprint density at radius 2 is 1.13 bits per heavy atom. The Balaban J connectivity index is 1.01. The molecule has 15 rings (SSSR count). The molecular weight excluding hydrogens is 1780 g/mol. The van der Waals surface area contributed by atoms with E-state index < -0.39 is 260 Å². The minimum absolute atomic E-state index is 0.0789. The Labute approximate surface area is 774 Å². The molecule has 2 saturated heterocycles. The van der Waals surface area contributed by atoms with E-state index in [-0.39, 0.29) is 59.9 Å². The lowest BCUT2D eigenvalue weighted by atomic mass is 9.89. The highest BCUT2D eigenvalue weighted by molar-refractivity contribution is 6.33. The quantitative estimate of drug-likeness (QED) is 0.0299. The topological polar surface area (TPSA) is 602 Å².